The van der Waals surface area contributed by atoms with Crippen LogP contribution >= 0.6 is 0 Å². The minimum atomic E-state index is -0.146. The van der Waals surface area contributed by atoms with E-state index in [1.54, 1.807) is 36.5 Å². The number of methoxy groups -OCH3 is 1. The van der Waals surface area contributed by atoms with Gasteiger partial charge in [0.1, 0.15) is 23.9 Å². The van der Waals surface area contributed by atoms with Gasteiger partial charge in [-0.15, -0.1) is 0 Å². The lowest BCUT2D eigenvalue weighted by molar-refractivity contribution is 0.0529. The number of ether oxygens (including phenoxy) is 2. The van der Waals surface area contributed by atoms with Crippen molar-refractivity contribution in [1.82, 2.24) is 15.2 Å². The van der Waals surface area contributed by atoms with Crippen LogP contribution in [0.3, 0.4) is 0 Å². The van der Waals surface area contributed by atoms with E-state index in [2.05, 4.69) is 10.3 Å². The Morgan fingerprint density at radius 1 is 1.24 bits per heavy atom. The maximum absolute atomic E-state index is 13.1. The highest BCUT2D eigenvalue weighted by Crippen LogP contribution is 2.31. The first-order valence-electron chi connectivity index (χ1n) is 9.54. The molecule has 1 atom stereocenters. The van der Waals surface area contributed by atoms with Crippen molar-refractivity contribution in [3.63, 3.8) is 0 Å². The number of benzene rings is 1. The molecule has 7 nitrogen and oxygen atoms in total. The van der Waals surface area contributed by atoms with Gasteiger partial charge in [-0.1, -0.05) is 12.1 Å². The van der Waals surface area contributed by atoms with E-state index in [4.69, 9.17) is 13.9 Å². The molecule has 3 aromatic rings. The summed E-state index contributed by atoms with van der Waals surface area (Å²) in [5, 5.41) is 3.32. The number of pyridine rings is 1. The average molecular weight is 393 g/mol. The molecule has 0 saturated carbocycles. The molecule has 0 radical (unpaired) electrons. The van der Waals surface area contributed by atoms with Crippen LogP contribution in [0, 0.1) is 0 Å². The van der Waals surface area contributed by atoms with Crippen LogP contribution in [0.1, 0.15) is 10.6 Å². The standard InChI is InChI=1S/C22H23N3O4/c1-27-19-7-3-2-6-18(19)20-8-9-21(29-20)22(26)25-12-11-24-13-16(25)15-28-17-5-4-10-23-14-17/h2-10,14,16,24H,11-13,15H2,1H3. The van der Waals surface area contributed by atoms with Gasteiger partial charge in [-0.2, -0.15) is 0 Å². The van der Waals surface area contributed by atoms with Crippen LogP contribution in [0.15, 0.2) is 65.3 Å². The van der Waals surface area contributed by atoms with Crippen molar-refractivity contribution in [2.45, 2.75) is 6.04 Å². The summed E-state index contributed by atoms with van der Waals surface area (Å²) < 4.78 is 17.1. The molecule has 1 aromatic carbocycles. The zero-order chi connectivity index (χ0) is 20.1. The van der Waals surface area contributed by atoms with Crippen LogP contribution in [0.25, 0.3) is 11.3 Å². The number of carbonyl (C=O) groups excluding carboxylic acids is 1. The van der Waals surface area contributed by atoms with Gasteiger partial charge in [0, 0.05) is 25.8 Å². The van der Waals surface area contributed by atoms with Crippen LogP contribution in [0.4, 0.5) is 0 Å². The van der Waals surface area contributed by atoms with Crippen molar-refractivity contribution in [2.75, 3.05) is 33.4 Å². The molecule has 29 heavy (non-hydrogen) atoms. The number of nitrogens with zero attached hydrogens (tertiary/aromatic N) is 2. The first-order chi connectivity index (χ1) is 14.3. The topological polar surface area (TPSA) is 76.8 Å². The van der Waals surface area contributed by atoms with Gasteiger partial charge in [0.15, 0.2) is 5.76 Å². The summed E-state index contributed by atoms with van der Waals surface area (Å²) in [5.41, 5.74) is 0.811. The minimum absolute atomic E-state index is 0.101. The third-order valence-electron chi connectivity index (χ3n) is 4.88. The normalized spacial score (nSPS) is 16.4. The van der Waals surface area contributed by atoms with Crippen LogP contribution in [-0.2, 0) is 0 Å². The number of furan rings is 1. The lowest BCUT2D eigenvalue weighted by Crippen LogP contribution is -2.55. The van der Waals surface area contributed by atoms with Crippen molar-refractivity contribution in [3.05, 3.63) is 66.7 Å². The maximum atomic E-state index is 13.1. The summed E-state index contributed by atoms with van der Waals surface area (Å²) in [6, 6.07) is 14.6. The van der Waals surface area contributed by atoms with E-state index < -0.39 is 0 Å². The fourth-order valence-corrected chi connectivity index (χ4v) is 3.39. The van der Waals surface area contributed by atoms with Gasteiger partial charge in [0.25, 0.3) is 5.91 Å². The first-order valence-corrected chi connectivity index (χ1v) is 9.54. The molecule has 1 saturated heterocycles. The second-order valence-corrected chi connectivity index (χ2v) is 6.72. The van der Waals surface area contributed by atoms with Crippen LogP contribution in [-0.4, -0.2) is 55.2 Å². The number of para-hydroxylation sites is 1. The third kappa shape index (κ3) is 4.25. The molecule has 2 aromatic heterocycles. The molecule has 1 aliphatic rings. The number of hydrogen-bond donors (Lipinski definition) is 1. The monoisotopic (exact) mass is 393 g/mol. The number of nitrogens with one attached hydrogen (secondary N) is 1. The van der Waals surface area contributed by atoms with Crippen molar-refractivity contribution in [2.24, 2.45) is 0 Å². The molecule has 7 heteroatoms. The Morgan fingerprint density at radius 3 is 2.97 bits per heavy atom. The Labute approximate surface area is 169 Å². The molecule has 1 N–H and O–H groups in total. The number of hydrogen-bond acceptors (Lipinski definition) is 6. The number of amides is 1. The molecule has 4 rings (SSSR count). The van der Waals surface area contributed by atoms with Gasteiger partial charge >= 0.3 is 0 Å². The van der Waals surface area contributed by atoms with Crippen LogP contribution < -0.4 is 14.8 Å². The van der Waals surface area contributed by atoms with Crippen molar-refractivity contribution in [1.29, 1.82) is 0 Å². The zero-order valence-electron chi connectivity index (χ0n) is 16.2. The molecule has 1 aliphatic heterocycles. The first kappa shape index (κ1) is 19.0. The second kappa shape index (κ2) is 8.79. The number of aromatic nitrogens is 1. The zero-order valence-corrected chi connectivity index (χ0v) is 16.2. The molecule has 0 bridgehead atoms. The molecular weight excluding hydrogens is 370 g/mol. The average Bonchev–Trinajstić information content (AvgIpc) is 3.28. The highest BCUT2D eigenvalue weighted by molar-refractivity contribution is 5.92. The second-order valence-electron chi connectivity index (χ2n) is 6.72. The Hall–Kier alpha value is -3.32. The molecule has 0 aliphatic carbocycles. The Bertz CT molecular complexity index is 957. The number of rotatable bonds is 6. The molecular formula is C22H23N3O4. The van der Waals surface area contributed by atoms with Gasteiger partial charge in [-0.25, -0.2) is 0 Å². The lowest BCUT2D eigenvalue weighted by Gasteiger charge is -2.35. The largest absolute Gasteiger partial charge is 0.496 e. The molecule has 1 fully saturated rings. The Morgan fingerprint density at radius 2 is 2.14 bits per heavy atom. The van der Waals surface area contributed by atoms with Gasteiger partial charge in [-0.3, -0.25) is 9.78 Å². The van der Waals surface area contributed by atoms with Gasteiger partial charge in [0.2, 0.25) is 0 Å². The van der Waals surface area contributed by atoms with Crippen molar-refractivity contribution in [3.8, 4) is 22.8 Å². The fourth-order valence-electron chi connectivity index (χ4n) is 3.39. The van der Waals surface area contributed by atoms with E-state index in [-0.39, 0.29) is 11.9 Å². The summed E-state index contributed by atoms with van der Waals surface area (Å²) in [7, 11) is 1.61. The van der Waals surface area contributed by atoms with Crippen LogP contribution in [0.2, 0.25) is 0 Å². The maximum Gasteiger partial charge on any atom is 0.290 e. The van der Waals surface area contributed by atoms with E-state index >= 15 is 0 Å². The Kier molecular flexibility index (Phi) is 5.76. The minimum Gasteiger partial charge on any atom is -0.496 e. The van der Waals surface area contributed by atoms with Gasteiger partial charge in [-0.05, 0) is 36.4 Å². The number of piperazine rings is 1. The summed E-state index contributed by atoms with van der Waals surface area (Å²) in [5.74, 6) is 2.14. The molecule has 0 spiro atoms. The van der Waals surface area contributed by atoms with Gasteiger partial charge in [0.05, 0.1) is 24.9 Å². The van der Waals surface area contributed by atoms with Crippen molar-refractivity contribution < 1.29 is 18.7 Å². The van der Waals surface area contributed by atoms with E-state index in [1.807, 2.05) is 36.4 Å². The van der Waals surface area contributed by atoms with E-state index in [0.717, 1.165) is 12.1 Å². The third-order valence-corrected chi connectivity index (χ3v) is 4.88. The summed E-state index contributed by atoms with van der Waals surface area (Å²) in [6.07, 6.45) is 3.36. The molecule has 3 heterocycles. The van der Waals surface area contributed by atoms with E-state index in [9.17, 15) is 4.79 Å². The summed E-state index contributed by atoms with van der Waals surface area (Å²) in [6.45, 7) is 2.36. The highest BCUT2D eigenvalue weighted by Gasteiger charge is 2.30. The lowest BCUT2D eigenvalue weighted by atomic mass is 10.1. The van der Waals surface area contributed by atoms with Crippen LogP contribution in [0.5, 0.6) is 11.5 Å². The molecule has 1 amide bonds. The SMILES string of the molecule is COc1ccccc1-c1ccc(C(=O)N2CCNCC2COc2cccnc2)o1. The predicted octanol–water partition coefficient (Wildman–Crippen LogP) is 2.84. The molecule has 150 valence electrons. The van der Waals surface area contributed by atoms with Gasteiger partial charge < -0.3 is 24.1 Å². The Balaban J connectivity index is 1.49. The van der Waals surface area contributed by atoms with E-state index in [0.29, 0.717) is 42.7 Å². The number of carbonyl (C=O) groups is 1. The highest BCUT2D eigenvalue weighted by atomic mass is 16.5. The summed E-state index contributed by atoms with van der Waals surface area (Å²) in [4.78, 5) is 19.0. The van der Waals surface area contributed by atoms with Crippen molar-refractivity contribution >= 4 is 5.91 Å². The smallest absolute Gasteiger partial charge is 0.290 e. The predicted molar refractivity (Wildman–Crippen MR) is 108 cm³/mol. The fraction of sp³-hybridized carbons (Fsp3) is 0.273. The summed E-state index contributed by atoms with van der Waals surface area (Å²) >= 11 is 0. The quantitative estimate of drug-likeness (QED) is 0.694. The molecule has 1 unspecified atom stereocenters. The van der Waals surface area contributed by atoms with E-state index in [1.165, 1.54) is 0 Å².